The smallest absolute Gasteiger partial charge is 0.136 e. The summed E-state index contributed by atoms with van der Waals surface area (Å²) in [6, 6.07) is 11.5. The molecule has 1 unspecified atom stereocenters. The molecular weight excluding hydrogens is 224 g/mol. The second-order valence-corrected chi connectivity index (χ2v) is 10.2. The number of Topliss-reactive ketones (excluding diaryl/α,β-unsaturated/α-hetero) is 1. The average molecular weight is 246 g/mol. The summed E-state index contributed by atoms with van der Waals surface area (Å²) in [5.41, 5.74) is 0.994. The van der Waals surface area contributed by atoms with Crippen molar-refractivity contribution in [3.05, 3.63) is 42.5 Å². The molecule has 1 aromatic carbocycles. The summed E-state index contributed by atoms with van der Waals surface area (Å²) < 4.78 is 0. The number of benzene rings is 1. The molecule has 0 bridgehead atoms. The molecule has 0 saturated heterocycles. The van der Waals surface area contributed by atoms with Crippen LogP contribution in [0.3, 0.4) is 0 Å². The van der Waals surface area contributed by atoms with Crippen LogP contribution >= 0.6 is 0 Å². The molecule has 2 heteroatoms. The van der Waals surface area contributed by atoms with E-state index in [0.717, 1.165) is 11.6 Å². The van der Waals surface area contributed by atoms with Crippen LogP contribution in [0.5, 0.6) is 0 Å². The van der Waals surface area contributed by atoms with Gasteiger partial charge in [0, 0.05) is 5.92 Å². The van der Waals surface area contributed by atoms with E-state index in [9.17, 15) is 4.79 Å². The Bertz CT molecular complexity index is 392. The predicted molar refractivity (Wildman–Crippen MR) is 77.4 cm³/mol. The summed E-state index contributed by atoms with van der Waals surface area (Å²) in [6.07, 6.45) is 0. The van der Waals surface area contributed by atoms with Crippen LogP contribution in [0, 0.1) is 5.92 Å². The molecule has 1 rings (SSSR count). The number of allylic oxidation sites excluding steroid dienone is 1. The molecule has 0 heterocycles. The van der Waals surface area contributed by atoms with E-state index in [-0.39, 0.29) is 11.7 Å². The molecule has 0 N–H and O–H groups in total. The summed E-state index contributed by atoms with van der Waals surface area (Å²) in [6.45, 7) is 12.2. The maximum Gasteiger partial charge on any atom is 0.136 e. The molecule has 1 aromatic rings. The molecule has 1 atom stereocenters. The lowest BCUT2D eigenvalue weighted by atomic mass is 10.0. The highest BCUT2D eigenvalue weighted by atomic mass is 28.3. The molecule has 17 heavy (non-hydrogen) atoms. The summed E-state index contributed by atoms with van der Waals surface area (Å²) in [5, 5.41) is 1.41. The van der Waals surface area contributed by atoms with Crippen molar-refractivity contribution in [1.29, 1.82) is 0 Å². The molecule has 92 valence electrons. The first-order valence-electron chi connectivity index (χ1n) is 6.06. The Morgan fingerprint density at radius 1 is 1.24 bits per heavy atom. The molecule has 0 amide bonds. The monoisotopic (exact) mass is 246 g/mol. The molecular formula is C15H22OSi. The molecule has 0 aliphatic heterocycles. The molecule has 0 fully saturated rings. The minimum Gasteiger partial charge on any atom is -0.299 e. The fourth-order valence-corrected chi connectivity index (χ4v) is 5.17. The molecule has 0 radical (unpaired) electrons. The van der Waals surface area contributed by atoms with Gasteiger partial charge in [0.25, 0.3) is 0 Å². The third-order valence-corrected chi connectivity index (χ3v) is 6.68. The Kier molecular flexibility index (Phi) is 4.46. The number of rotatable bonds is 5. The Labute approximate surface area is 106 Å². The number of carbonyl (C=O) groups is 1. The van der Waals surface area contributed by atoms with Crippen molar-refractivity contribution in [3.63, 3.8) is 0 Å². The van der Waals surface area contributed by atoms with Crippen LogP contribution in [0.2, 0.25) is 19.1 Å². The zero-order chi connectivity index (χ0) is 13.1. The van der Waals surface area contributed by atoms with Crippen LogP contribution in [0.1, 0.15) is 13.8 Å². The average Bonchev–Trinajstić information content (AvgIpc) is 2.26. The minimum atomic E-state index is -1.55. The van der Waals surface area contributed by atoms with E-state index >= 15 is 0 Å². The van der Waals surface area contributed by atoms with Gasteiger partial charge < -0.3 is 0 Å². The Morgan fingerprint density at radius 3 is 2.18 bits per heavy atom. The molecule has 0 spiro atoms. The van der Waals surface area contributed by atoms with Crippen molar-refractivity contribution in [1.82, 2.24) is 0 Å². The lowest BCUT2D eigenvalue weighted by molar-refractivity contribution is -0.119. The van der Waals surface area contributed by atoms with Crippen LogP contribution in [0.25, 0.3) is 0 Å². The van der Waals surface area contributed by atoms with Crippen LogP contribution in [0.4, 0.5) is 0 Å². The van der Waals surface area contributed by atoms with Gasteiger partial charge in [-0.2, -0.15) is 0 Å². The van der Waals surface area contributed by atoms with Crippen LogP contribution in [-0.2, 0) is 4.79 Å². The zero-order valence-electron chi connectivity index (χ0n) is 11.3. The Balaban J connectivity index is 2.92. The molecule has 0 aromatic heterocycles. The highest BCUT2D eigenvalue weighted by molar-refractivity contribution is 6.90. The molecule has 0 aliphatic rings. The molecule has 0 saturated carbocycles. The summed E-state index contributed by atoms with van der Waals surface area (Å²) in [4.78, 5) is 11.7. The zero-order valence-corrected chi connectivity index (χ0v) is 12.3. The summed E-state index contributed by atoms with van der Waals surface area (Å²) in [5.74, 6) is 0.269. The van der Waals surface area contributed by atoms with E-state index in [4.69, 9.17) is 0 Å². The molecule has 1 nitrogen and oxygen atoms in total. The summed E-state index contributed by atoms with van der Waals surface area (Å²) in [7, 11) is -1.55. The van der Waals surface area contributed by atoms with E-state index in [1.54, 1.807) is 6.92 Å². The van der Waals surface area contributed by atoms with Crippen molar-refractivity contribution >= 4 is 19.0 Å². The van der Waals surface area contributed by atoms with Gasteiger partial charge in [-0.25, -0.2) is 0 Å². The maximum absolute atomic E-state index is 11.7. The Morgan fingerprint density at radius 2 is 1.76 bits per heavy atom. The van der Waals surface area contributed by atoms with E-state index in [1.165, 1.54) is 5.19 Å². The van der Waals surface area contributed by atoms with E-state index in [0.29, 0.717) is 0 Å². The van der Waals surface area contributed by atoms with Gasteiger partial charge in [-0.1, -0.05) is 60.8 Å². The van der Waals surface area contributed by atoms with Gasteiger partial charge >= 0.3 is 0 Å². The topological polar surface area (TPSA) is 17.1 Å². The van der Waals surface area contributed by atoms with Gasteiger partial charge in [0.05, 0.1) is 8.07 Å². The second kappa shape index (κ2) is 5.45. The standard InChI is InChI=1S/C15H22OSi/c1-12(2)15(13(3)16)11-17(4,5)14-9-7-6-8-10-14/h6-10,15H,1,11H2,2-5H3. The van der Waals surface area contributed by atoms with Crippen molar-refractivity contribution < 1.29 is 4.79 Å². The highest BCUT2D eigenvalue weighted by Crippen LogP contribution is 2.23. The normalized spacial score (nSPS) is 13.2. The van der Waals surface area contributed by atoms with Crippen molar-refractivity contribution in [2.75, 3.05) is 0 Å². The fourth-order valence-electron chi connectivity index (χ4n) is 2.18. The first kappa shape index (κ1) is 13.9. The van der Waals surface area contributed by atoms with Crippen molar-refractivity contribution in [3.8, 4) is 0 Å². The quantitative estimate of drug-likeness (QED) is 0.575. The minimum absolute atomic E-state index is 0.0249. The van der Waals surface area contributed by atoms with Gasteiger partial charge in [0.1, 0.15) is 5.78 Å². The van der Waals surface area contributed by atoms with Gasteiger partial charge in [-0.15, -0.1) is 0 Å². The van der Waals surface area contributed by atoms with Crippen LogP contribution < -0.4 is 5.19 Å². The third-order valence-electron chi connectivity index (χ3n) is 3.36. The number of ketones is 1. The van der Waals surface area contributed by atoms with E-state index in [2.05, 4.69) is 43.9 Å². The van der Waals surface area contributed by atoms with Gasteiger partial charge in [0.2, 0.25) is 0 Å². The highest BCUT2D eigenvalue weighted by Gasteiger charge is 2.29. The SMILES string of the molecule is C=C(C)C(C[Si](C)(C)c1ccccc1)C(C)=O. The second-order valence-electron chi connectivity index (χ2n) is 5.46. The van der Waals surface area contributed by atoms with Gasteiger partial charge in [-0.3, -0.25) is 4.79 Å². The lowest BCUT2D eigenvalue weighted by Crippen LogP contribution is -2.43. The van der Waals surface area contributed by atoms with E-state index in [1.807, 2.05) is 13.0 Å². The maximum atomic E-state index is 11.7. The lowest BCUT2D eigenvalue weighted by Gasteiger charge is -2.27. The third kappa shape index (κ3) is 3.67. The van der Waals surface area contributed by atoms with Crippen molar-refractivity contribution in [2.45, 2.75) is 33.0 Å². The molecule has 0 aliphatic carbocycles. The number of hydrogen-bond acceptors (Lipinski definition) is 1. The fraction of sp³-hybridized carbons (Fsp3) is 0.400. The van der Waals surface area contributed by atoms with Crippen molar-refractivity contribution in [2.24, 2.45) is 5.92 Å². The Hall–Kier alpha value is -1.15. The van der Waals surface area contributed by atoms with Gasteiger partial charge in [0.15, 0.2) is 0 Å². The van der Waals surface area contributed by atoms with E-state index < -0.39 is 8.07 Å². The van der Waals surface area contributed by atoms with Crippen LogP contribution in [0.15, 0.2) is 42.5 Å². The van der Waals surface area contributed by atoms with Crippen LogP contribution in [-0.4, -0.2) is 13.9 Å². The predicted octanol–water partition coefficient (Wildman–Crippen LogP) is 3.38. The summed E-state index contributed by atoms with van der Waals surface area (Å²) >= 11 is 0. The largest absolute Gasteiger partial charge is 0.299 e. The number of hydrogen-bond donors (Lipinski definition) is 0. The first-order chi connectivity index (χ1) is 7.84. The number of carbonyl (C=O) groups excluding carboxylic acids is 1. The first-order valence-corrected chi connectivity index (χ1v) is 9.26. The van der Waals surface area contributed by atoms with Gasteiger partial charge in [-0.05, 0) is 19.9 Å².